The Balaban J connectivity index is 1.85. The molecule has 0 bridgehead atoms. The zero-order valence-corrected chi connectivity index (χ0v) is 13.7. The number of ether oxygens (including phenoxy) is 3. The fraction of sp³-hybridized carbons (Fsp3) is 0.625. The third-order valence-electron chi connectivity index (χ3n) is 4.54. The van der Waals surface area contributed by atoms with Crippen LogP contribution in [0, 0.1) is 11.8 Å². The molecule has 4 heteroatoms. The standard InChI is InChI=1S/C16H21BrO3/c1-9-10(2)20-11(3)15(9)16(17)12-4-5-13-14(8-12)19-7-6-18-13/h4-5,8-11,15-16H,6-7H2,1-3H3. The molecule has 0 radical (unpaired) electrons. The molecule has 0 aromatic heterocycles. The van der Waals surface area contributed by atoms with Gasteiger partial charge in [-0.15, -0.1) is 0 Å². The van der Waals surface area contributed by atoms with Crippen molar-refractivity contribution < 1.29 is 14.2 Å². The molecule has 0 aliphatic carbocycles. The lowest BCUT2D eigenvalue weighted by Crippen LogP contribution is -2.22. The van der Waals surface area contributed by atoms with Crippen molar-refractivity contribution in [3.8, 4) is 11.5 Å². The summed E-state index contributed by atoms with van der Waals surface area (Å²) >= 11 is 3.87. The third kappa shape index (κ3) is 2.44. The Morgan fingerprint density at radius 3 is 2.40 bits per heavy atom. The molecule has 1 aromatic carbocycles. The highest BCUT2D eigenvalue weighted by molar-refractivity contribution is 9.09. The number of rotatable bonds is 2. The molecular formula is C16H21BrO3. The summed E-state index contributed by atoms with van der Waals surface area (Å²) in [5, 5.41) is 0. The average Bonchev–Trinajstić information content (AvgIpc) is 2.71. The largest absolute Gasteiger partial charge is 0.486 e. The van der Waals surface area contributed by atoms with Crippen LogP contribution in [0.3, 0.4) is 0 Å². The summed E-state index contributed by atoms with van der Waals surface area (Å²) in [5.41, 5.74) is 1.23. The molecule has 110 valence electrons. The van der Waals surface area contributed by atoms with Crippen LogP contribution in [-0.4, -0.2) is 25.4 Å². The third-order valence-corrected chi connectivity index (χ3v) is 5.68. The van der Waals surface area contributed by atoms with E-state index in [2.05, 4.69) is 48.8 Å². The van der Waals surface area contributed by atoms with Crippen molar-refractivity contribution in [2.24, 2.45) is 11.8 Å². The van der Waals surface area contributed by atoms with Crippen LogP contribution in [0.2, 0.25) is 0 Å². The summed E-state index contributed by atoms with van der Waals surface area (Å²) in [7, 11) is 0. The molecule has 1 aromatic rings. The van der Waals surface area contributed by atoms with Crippen LogP contribution in [0.15, 0.2) is 18.2 Å². The van der Waals surface area contributed by atoms with Crippen LogP contribution >= 0.6 is 15.9 Å². The predicted octanol–water partition coefficient (Wildman–Crippen LogP) is 3.95. The lowest BCUT2D eigenvalue weighted by molar-refractivity contribution is 0.0511. The highest BCUT2D eigenvalue weighted by Crippen LogP contribution is 2.46. The summed E-state index contributed by atoms with van der Waals surface area (Å²) < 4.78 is 17.2. The number of fused-ring (bicyclic) bond motifs is 1. The van der Waals surface area contributed by atoms with Gasteiger partial charge in [0.1, 0.15) is 13.2 Å². The van der Waals surface area contributed by atoms with Crippen molar-refractivity contribution in [2.75, 3.05) is 13.2 Å². The van der Waals surface area contributed by atoms with Crippen LogP contribution in [0.4, 0.5) is 0 Å². The van der Waals surface area contributed by atoms with Crippen LogP contribution in [0.1, 0.15) is 31.2 Å². The summed E-state index contributed by atoms with van der Waals surface area (Å²) in [6.07, 6.45) is 0.574. The number of hydrogen-bond donors (Lipinski definition) is 0. The second kappa shape index (κ2) is 5.57. The molecule has 1 fully saturated rings. The second-order valence-electron chi connectivity index (χ2n) is 5.79. The first-order chi connectivity index (χ1) is 9.58. The van der Waals surface area contributed by atoms with Gasteiger partial charge in [-0.25, -0.2) is 0 Å². The van der Waals surface area contributed by atoms with E-state index in [1.807, 2.05) is 6.07 Å². The zero-order valence-electron chi connectivity index (χ0n) is 12.1. The highest BCUT2D eigenvalue weighted by atomic mass is 79.9. The Morgan fingerprint density at radius 2 is 1.75 bits per heavy atom. The normalized spacial score (nSPS) is 34.0. The van der Waals surface area contributed by atoms with Gasteiger partial charge in [0.05, 0.1) is 12.2 Å². The van der Waals surface area contributed by atoms with Crippen LogP contribution < -0.4 is 9.47 Å². The monoisotopic (exact) mass is 340 g/mol. The fourth-order valence-corrected chi connectivity index (χ4v) is 4.45. The van der Waals surface area contributed by atoms with Gasteiger partial charge in [-0.1, -0.05) is 28.9 Å². The number of alkyl halides is 1. The molecule has 1 saturated heterocycles. The lowest BCUT2D eigenvalue weighted by Gasteiger charge is -2.26. The van der Waals surface area contributed by atoms with E-state index in [1.165, 1.54) is 5.56 Å². The Kier molecular flexibility index (Phi) is 3.95. The summed E-state index contributed by atoms with van der Waals surface area (Å²) in [5.74, 6) is 2.69. The van der Waals surface area contributed by atoms with E-state index in [9.17, 15) is 0 Å². The molecule has 5 unspecified atom stereocenters. The smallest absolute Gasteiger partial charge is 0.161 e. The first kappa shape index (κ1) is 14.2. The average molecular weight is 341 g/mol. The Hall–Kier alpha value is -0.740. The topological polar surface area (TPSA) is 27.7 Å². The summed E-state index contributed by atoms with van der Waals surface area (Å²) in [6, 6.07) is 6.22. The van der Waals surface area contributed by atoms with Gasteiger partial charge in [-0.05, 0) is 37.5 Å². The molecule has 2 heterocycles. The van der Waals surface area contributed by atoms with Crippen LogP contribution in [0.5, 0.6) is 11.5 Å². The summed E-state index contributed by atoms with van der Waals surface area (Å²) in [6.45, 7) is 7.85. The van der Waals surface area contributed by atoms with E-state index in [1.54, 1.807) is 0 Å². The van der Waals surface area contributed by atoms with Gasteiger partial charge in [0, 0.05) is 10.7 Å². The van der Waals surface area contributed by atoms with Gasteiger partial charge in [-0.3, -0.25) is 0 Å². The fourth-order valence-electron chi connectivity index (χ4n) is 3.25. The molecule has 0 spiro atoms. The maximum Gasteiger partial charge on any atom is 0.161 e. The molecule has 5 atom stereocenters. The molecule has 0 N–H and O–H groups in total. The molecule has 0 amide bonds. The summed E-state index contributed by atoms with van der Waals surface area (Å²) in [4.78, 5) is 0.272. The molecule has 3 nitrogen and oxygen atoms in total. The second-order valence-corrected chi connectivity index (χ2v) is 6.77. The minimum atomic E-state index is 0.262. The molecule has 3 rings (SSSR count). The van der Waals surface area contributed by atoms with Crippen molar-refractivity contribution in [1.29, 1.82) is 0 Å². The molecular weight excluding hydrogens is 320 g/mol. The quantitative estimate of drug-likeness (QED) is 0.763. The SMILES string of the molecule is CC1OC(C)C(C(Br)c2ccc3c(c2)OCCO3)C1C. The zero-order chi connectivity index (χ0) is 14.3. The van der Waals surface area contributed by atoms with E-state index in [0.717, 1.165) is 11.5 Å². The molecule has 2 aliphatic heterocycles. The number of halogens is 1. The van der Waals surface area contributed by atoms with Crippen LogP contribution in [-0.2, 0) is 4.74 Å². The Morgan fingerprint density at radius 1 is 1.05 bits per heavy atom. The Bertz CT molecular complexity index is 491. The minimum absolute atomic E-state index is 0.262. The van der Waals surface area contributed by atoms with Crippen molar-refractivity contribution in [1.82, 2.24) is 0 Å². The van der Waals surface area contributed by atoms with Gasteiger partial charge in [0.25, 0.3) is 0 Å². The van der Waals surface area contributed by atoms with Gasteiger partial charge < -0.3 is 14.2 Å². The Labute approximate surface area is 128 Å². The molecule has 0 saturated carbocycles. The van der Waals surface area contributed by atoms with Gasteiger partial charge in [-0.2, -0.15) is 0 Å². The van der Waals surface area contributed by atoms with Crippen molar-refractivity contribution in [3.05, 3.63) is 23.8 Å². The molecule has 2 aliphatic rings. The van der Waals surface area contributed by atoms with Gasteiger partial charge in [0.2, 0.25) is 0 Å². The number of hydrogen-bond acceptors (Lipinski definition) is 3. The van der Waals surface area contributed by atoms with E-state index in [4.69, 9.17) is 14.2 Å². The predicted molar refractivity (Wildman–Crippen MR) is 81.8 cm³/mol. The van der Waals surface area contributed by atoms with E-state index in [0.29, 0.717) is 31.2 Å². The van der Waals surface area contributed by atoms with E-state index < -0.39 is 0 Å². The highest BCUT2D eigenvalue weighted by Gasteiger charge is 2.41. The van der Waals surface area contributed by atoms with Gasteiger partial charge in [0.15, 0.2) is 11.5 Å². The van der Waals surface area contributed by atoms with E-state index in [-0.39, 0.29) is 10.9 Å². The van der Waals surface area contributed by atoms with Gasteiger partial charge >= 0.3 is 0 Å². The lowest BCUT2D eigenvalue weighted by atomic mass is 9.84. The van der Waals surface area contributed by atoms with Crippen molar-refractivity contribution in [2.45, 2.75) is 37.8 Å². The number of benzene rings is 1. The molecule has 20 heavy (non-hydrogen) atoms. The van der Waals surface area contributed by atoms with Crippen molar-refractivity contribution >= 4 is 15.9 Å². The maximum absolute atomic E-state index is 5.96. The minimum Gasteiger partial charge on any atom is -0.486 e. The van der Waals surface area contributed by atoms with Crippen LogP contribution in [0.25, 0.3) is 0 Å². The first-order valence-corrected chi connectivity index (χ1v) is 8.18. The first-order valence-electron chi connectivity index (χ1n) is 7.27. The maximum atomic E-state index is 5.96. The van der Waals surface area contributed by atoms with Crippen molar-refractivity contribution in [3.63, 3.8) is 0 Å². The van der Waals surface area contributed by atoms with E-state index >= 15 is 0 Å².